The van der Waals surface area contributed by atoms with Gasteiger partial charge in [0.25, 0.3) is 0 Å². The molecule has 0 radical (unpaired) electrons. The summed E-state index contributed by atoms with van der Waals surface area (Å²) in [5.41, 5.74) is 0.0424. The Morgan fingerprint density at radius 2 is 2.24 bits per heavy atom. The molecular weight excluding hydrogens is 425 g/mol. The predicted octanol–water partition coefficient (Wildman–Crippen LogP) is 6.23. The Labute approximate surface area is 165 Å². The van der Waals surface area contributed by atoms with Gasteiger partial charge in [-0.1, -0.05) is 36.4 Å². The Bertz CT molecular complexity index is 832. The van der Waals surface area contributed by atoms with Gasteiger partial charge in [-0.25, -0.2) is 14.4 Å². The van der Waals surface area contributed by atoms with E-state index in [2.05, 4.69) is 39.3 Å². The Balaban J connectivity index is 2.32. The third-order valence-corrected chi connectivity index (χ3v) is 6.31. The Hall–Kier alpha value is -0.850. The van der Waals surface area contributed by atoms with Crippen LogP contribution in [-0.4, -0.2) is 27.8 Å². The molecule has 1 aromatic carbocycles. The minimum atomic E-state index is -0.501. The van der Waals surface area contributed by atoms with E-state index in [4.69, 9.17) is 16.6 Å². The molecular formula is C18H20BrClFN3S. The number of nitrogens with zero attached hydrogens (tertiary/aromatic N) is 3. The van der Waals surface area contributed by atoms with Crippen molar-refractivity contribution in [1.82, 2.24) is 9.97 Å². The van der Waals surface area contributed by atoms with E-state index in [-0.39, 0.29) is 16.1 Å². The van der Waals surface area contributed by atoms with Crippen molar-refractivity contribution in [3.63, 3.8) is 0 Å². The van der Waals surface area contributed by atoms with E-state index < -0.39 is 5.82 Å². The van der Waals surface area contributed by atoms with Crippen LogP contribution in [0.2, 0.25) is 5.02 Å². The van der Waals surface area contributed by atoms with Crippen LogP contribution in [-0.2, 0) is 0 Å². The van der Waals surface area contributed by atoms with Crippen molar-refractivity contribution in [2.75, 3.05) is 17.2 Å². The minimum absolute atomic E-state index is 0.0570. The summed E-state index contributed by atoms with van der Waals surface area (Å²) < 4.78 is 15.4. The van der Waals surface area contributed by atoms with Crippen LogP contribution in [0.5, 0.6) is 0 Å². The van der Waals surface area contributed by atoms with E-state index in [1.165, 1.54) is 11.8 Å². The number of aromatic nitrogens is 2. The van der Waals surface area contributed by atoms with Crippen molar-refractivity contribution in [2.45, 2.75) is 43.8 Å². The van der Waals surface area contributed by atoms with Crippen molar-refractivity contribution >= 4 is 56.0 Å². The Kier molecular flexibility index (Phi) is 5.61. The van der Waals surface area contributed by atoms with Crippen LogP contribution in [0.1, 0.15) is 33.1 Å². The molecule has 1 aliphatic heterocycles. The fourth-order valence-electron chi connectivity index (χ4n) is 3.26. The summed E-state index contributed by atoms with van der Waals surface area (Å²) in [7, 11) is 0. The quantitative estimate of drug-likeness (QED) is 0.242. The zero-order valence-corrected chi connectivity index (χ0v) is 17.4. The average Bonchev–Trinajstić information content (AvgIpc) is 2.59. The summed E-state index contributed by atoms with van der Waals surface area (Å²) >= 11 is 11.1. The summed E-state index contributed by atoms with van der Waals surface area (Å²) in [6.07, 6.45) is 5.16. The first-order valence-corrected chi connectivity index (χ1v) is 10.5. The number of fused-ring (bicyclic) bond motifs is 1. The summed E-state index contributed by atoms with van der Waals surface area (Å²) in [5, 5.41) is 1.29. The number of benzene rings is 1. The molecule has 1 saturated heterocycles. The molecule has 0 bridgehead atoms. The van der Waals surface area contributed by atoms with Crippen LogP contribution in [0.4, 0.5) is 10.2 Å². The molecule has 1 aromatic heterocycles. The molecule has 134 valence electrons. The zero-order chi connectivity index (χ0) is 18.2. The summed E-state index contributed by atoms with van der Waals surface area (Å²) in [5.74, 6) is 1.05. The molecule has 1 fully saturated rings. The second-order valence-corrected chi connectivity index (χ2v) is 8.80. The molecule has 1 unspecified atom stereocenters. The van der Waals surface area contributed by atoms with Crippen molar-refractivity contribution < 1.29 is 4.39 Å². The van der Waals surface area contributed by atoms with Gasteiger partial charge in [-0.2, -0.15) is 0 Å². The van der Waals surface area contributed by atoms with Crippen molar-refractivity contribution in [3.05, 3.63) is 34.0 Å². The molecule has 3 rings (SSSR count). The lowest BCUT2D eigenvalue weighted by molar-refractivity contribution is 0.397. The van der Waals surface area contributed by atoms with Crippen LogP contribution in [0.25, 0.3) is 10.9 Å². The average molecular weight is 445 g/mol. The number of hydrogen-bond acceptors (Lipinski definition) is 4. The first kappa shape index (κ1) is 18.9. The fourth-order valence-corrected chi connectivity index (χ4v) is 4.75. The van der Waals surface area contributed by atoms with Crippen LogP contribution >= 0.6 is 39.3 Å². The van der Waals surface area contributed by atoms with Gasteiger partial charge >= 0.3 is 0 Å². The molecule has 25 heavy (non-hydrogen) atoms. The van der Waals surface area contributed by atoms with E-state index in [0.717, 1.165) is 37.4 Å². The molecule has 0 spiro atoms. The first-order chi connectivity index (χ1) is 11.9. The van der Waals surface area contributed by atoms with Crippen LogP contribution in [0.3, 0.4) is 0 Å². The van der Waals surface area contributed by atoms with E-state index in [0.29, 0.717) is 15.0 Å². The van der Waals surface area contributed by atoms with Gasteiger partial charge in [0.05, 0.1) is 15.9 Å². The molecule has 7 heteroatoms. The molecule has 2 aromatic rings. The van der Waals surface area contributed by atoms with Crippen LogP contribution in [0, 0.1) is 5.82 Å². The van der Waals surface area contributed by atoms with Crippen molar-refractivity contribution in [1.29, 1.82) is 0 Å². The lowest BCUT2D eigenvalue weighted by Crippen LogP contribution is -2.49. The Morgan fingerprint density at radius 1 is 1.48 bits per heavy atom. The Morgan fingerprint density at radius 3 is 2.92 bits per heavy atom. The molecule has 1 aliphatic rings. The predicted molar refractivity (Wildman–Crippen MR) is 108 cm³/mol. The number of hydrogen-bond donors (Lipinski definition) is 0. The number of piperidine rings is 1. The van der Waals surface area contributed by atoms with Gasteiger partial charge in [-0.05, 0) is 53.9 Å². The smallest absolute Gasteiger partial charge is 0.190 e. The lowest BCUT2D eigenvalue weighted by atomic mass is 9.88. The highest BCUT2D eigenvalue weighted by molar-refractivity contribution is 9.10. The molecule has 0 amide bonds. The number of halogens is 3. The van der Waals surface area contributed by atoms with Crippen molar-refractivity contribution in [3.8, 4) is 0 Å². The highest BCUT2D eigenvalue weighted by Crippen LogP contribution is 2.41. The second-order valence-electron chi connectivity index (χ2n) is 6.31. The number of rotatable bonds is 4. The van der Waals surface area contributed by atoms with E-state index in [1.54, 1.807) is 6.07 Å². The molecule has 0 saturated carbocycles. The normalized spacial score (nSPS) is 20.9. The van der Waals surface area contributed by atoms with Crippen LogP contribution in [0.15, 0.2) is 28.4 Å². The minimum Gasteiger partial charge on any atom is -0.347 e. The topological polar surface area (TPSA) is 29.0 Å². The molecule has 1 atom stereocenters. The lowest BCUT2D eigenvalue weighted by Gasteiger charge is -2.44. The van der Waals surface area contributed by atoms with E-state index >= 15 is 0 Å². The number of thioether (sulfide) groups is 1. The molecule has 0 N–H and O–H groups in total. The van der Waals surface area contributed by atoms with Gasteiger partial charge in [0.1, 0.15) is 11.3 Å². The van der Waals surface area contributed by atoms with Gasteiger partial charge in [0, 0.05) is 11.0 Å². The van der Waals surface area contributed by atoms with E-state index in [9.17, 15) is 4.39 Å². The summed E-state index contributed by atoms with van der Waals surface area (Å²) in [6.45, 7) is 9.05. The monoisotopic (exact) mass is 443 g/mol. The third-order valence-electron chi connectivity index (χ3n) is 4.68. The maximum absolute atomic E-state index is 14.7. The fraction of sp³-hybridized carbons (Fsp3) is 0.444. The third kappa shape index (κ3) is 3.40. The summed E-state index contributed by atoms with van der Waals surface area (Å²) in [4.78, 5) is 11.4. The molecule has 2 heterocycles. The largest absolute Gasteiger partial charge is 0.347 e. The maximum Gasteiger partial charge on any atom is 0.190 e. The van der Waals surface area contributed by atoms with Gasteiger partial charge in [-0.3, -0.25) is 0 Å². The maximum atomic E-state index is 14.7. The number of anilines is 1. The van der Waals surface area contributed by atoms with Gasteiger partial charge in [-0.15, -0.1) is 6.58 Å². The molecule has 3 nitrogen and oxygen atoms in total. The van der Waals surface area contributed by atoms with Gasteiger partial charge < -0.3 is 4.90 Å². The van der Waals surface area contributed by atoms with Crippen molar-refractivity contribution in [2.24, 2.45) is 0 Å². The van der Waals surface area contributed by atoms with E-state index in [1.807, 2.05) is 13.0 Å². The highest BCUT2D eigenvalue weighted by atomic mass is 79.9. The van der Waals surface area contributed by atoms with Crippen LogP contribution < -0.4 is 4.90 Å². The SMILES string of the molecule is C=CC1(C)CCCCN1c1nc(SCC)nc2c(F)c(Cl)cc(Br)c12. The summed E-state index contributed by atoms with van der Waals surface area (Å²) in [6, 6.07) is 1.58. The van der Waals surface area contributed by atoms with Gasteiger partial charge in [0.2, 0.25) is 0 Å². The molecule has 0 aliphatic carbocycles. The van der Waals surface area contributed by atoms with Gasteiger partial charge in [0.15, 0.2) is 11.0 Å². The highest BCUT2D eigenvalue weighted by Gasteiger charge is 2.34. The first-order valence-electron chi connectivity index (χ1n) is 8.30. The second kappa shape index (κ2) is 7.41. The zero-order valence-electron chi connectivity index (χ0n) is 14.3. The standard InChI is InChI=1S/C18H20BrClFN3S/c1-4-18(3)8-6-7-9-24(18)16-13-11(19)10-12(20)14(21)15(13)22-17(23-16)25-5-2/h4,10H,1,5-9H2,2-3H3.